The smallest absolute Gasteiger partial charge is 0.180 e. The Bertz CT molecular complexity index is 486. The summed E-state index contributed by atoms with van der Waals surface area (Å²) in [5, 5.41) is 2.66. The van der Waals surface area contributed by atoms with Crippen LogP contribution in [0.3, 0.4) is 0 Å². The maximum Gasteiger partial charge on any atom is 0.180 e. The predicted octanol–water partition coefficient (Wildman–Crippen LogP) is 3.16. The van der Waals surface area contributed by atoms with Gasteiger partial charge in [0.05, 0.1) is 5.69 Å². The second-order valence-electron chi connectivity index (χ2n) is 4.19. The molecule has 96 valence electrons. The fourth-order valence-corrected chi connectivity index (χ4v) is 2.59. The SMILES string of the molecule is CCN(CC)c1ccc(Cc2csc(N)n2)cc1. The third kappa shape index (κ3) is 3.01. The molecular formula is C14H19N3S. The van der Waals surface area contributed by atoms with E-state index in [0.29, 0.717) is 5.13 Å². The van der Waals surface area contributed by atoms with Crippen LogP contribution in [0.2, 0.25) is 0 Å². The Morgan fingerprint density at radius 3 is 2.33 bits per heavy atom. The van der Waals surface area contributed by atoms with E-state index in [2.05, 4.69) is 48.0 Å². The monoisotopic (exact) mass is 261 g/mol. The number of nitrogens with two attached hydrogens (primary N) is 1. The zero-order valence-electron chi connectivity index (χ0n) is 10.9. The minimum atomic E-state index is 0.643. The zero-order chi connectivity index (χ0) is 13.0. The maximum absolute atomic E-state index is 5.63. The average molecular weight is 261 g/mol. The number of hydrogen-bond acceptors (Lipinski definition) is 4. The first-order valence-electron chi connectivity index (χ1n) is 6.26. The van der Waals surface area contributed by atoms with E-state index >= 15 is 0 Å². The van der Waals surface area contributed by atoms with Crippen LogP contribution in [-0.4, -0.2) is 18.1 Å². The molecule has 0 amide bonds. The number of benzene rings is 1. The van der Waals surface area contributed by atoms with E-state index in [-0.39, 0.29) is 0 Å². The van der Waals surface area contributed by atoms with Crippen molar-refractivity contribution in [3.63, 3.8) is 0 Å². The molecule has 1 aromatic heterocycles. The van der Waals surface area contributed by atoms with Gasteiger partial charge >= 0.3 is 0 Å². The van der Waals surface area contributed by atoms with Gasteiger partial charge in [0.1, 0.15) is 0 Å². The quantitative estimate of drug-likeness (QED) is 0.899. The van der Waals surface area contributed by atoms with E-state index in [1.165, 1.54) is 22.6 Å². The van der Waals surface area contributed by atoms with Gasteiger partial charge < -0.3 is 10.6 Å². The summed E-state index contributed by atoms with van der Waals surface area (Å²) in [6, 6.07) is 8.70. The van der Waals surface area contributed by atoms with Crippen molar-refractivity contribution in [1.82, 2.24) is 4.98 Å². The Balaban J connectivity index is 2.07. The highest BCUT2D eigenvalue weighted by Crippen LogP contribution is 2.18. The summed E-state index contributed by atoms with van der Waals surface area (Å²) < 4.78 is 0. The van der Waals surface area contributed by atoms with E-state index in [1.807, 2.05) is 5.38 Å². The van der Waals surface area contributed by atoms with Crippen molar-refractivity contribution in [2.45, 2.75) is 20.3 Å². The molecule has 2 rings (SSSR count). The van der Waals surface area contributed by atoms with Crippen LogP contribution in [0, 0.1) is 0 Å². The standard InChI is InChI=1S/C14H19N3S/c1-3-17(4-2)13-7-5-11(6-8-13)9-12-10-18-14(15)16-12/h5-8,10H,3-4,9H2,1-2H3,(H2,15,16). The molecule has 0 atom stereocenters. The van der Waals surface area contributed by atoms with Gasteiger partial charge in [-0.1, -0.05) is 12.1 Å². The number of thiazole rings is 1. The molecule has 0 aliphatic rings. The molecule has 3 nitrogen and oxygen atoms in total. The normalized spacial score (nSPS) is 10.6. The number of hydrogen-bond donors (Lipinski definition) is 1. The highest BCUT2D eigenvalue weighted by molar-refractivity contribution is 7.13. The van der Waals surface area contributed by atoms with Crippen LogP contribution in [-0.2, 0) is 6.42 Å². The van der Waals surface area contributed by atoms with Gasteiger partial charge in [0.2, 0.25) is 0 Å². The molecule has 1 aromatic carbocycles. The van der Waals surface area contributed by atoms with E-state index < -0.39 is 0 Å². The van der Waals surface area contributed by atoms with Crippen LogP contribution in [0.5, 0.6) is 0 Å². The summed E-state index contributed by atoms with van der Waals surface area (Å²) in [7, 11) is 0. The van der Waals surface area contributed by atoms with Crippen LogP contribution in [0.15, 0.2) is 29.6 Å². The van der Waals surface area contributed by atoms with Crippen molar-refractivity contribution < 1.29 is 0 Å². The largest absolute Gasteiger partial charge is 0.375 e. The molecule has 0 radical (unpaired) electrons. The topological polar surface area (TPSA) is 42.1 Å². The molecular weight excluding hydrogens is 242 g/mol. The summed E-state index contributed by atoms with van der Waals surface area (Å²) in [6.07, 6.45) is 0.853. The van der Waals surface area contributed by atoms with Gasteiger partial charge in [-0.05, 0) is 31.5 Å². The van der Waals surface area contributed by atoms with Gasteiger partial charge in [0.15, 0.2) is 5.13 Å². The van der Waals surface area contributed by atoms with Crippen molar-refractivity contribution in [3.05, 3.63) is 40.9 Å². The van der Waals surface area contributed by atoms with Crippen molar-refractivity contribution in [3.8, 4) is 0 Å². The first kappa shape index (κ1) is 12.9. The Morgan fingerprint density at radius 2 is 1.83 bits per heavy atom. The third-order valence-electron chi connectivity index (χ3n) is 3.02. The van der Waals surface area contributed by atoms with Crippen LogP contribution >= 0.6 is 11.3 Å². The lowest BCUT2D eigenvalue weighted by molar-refractivity contribution is 0.865. The van der Waals surface area contributed by atoms with Crippen LogP contribution < -0.4 is 10.6 Å². The molecule has 0 spiro atoms. The van der Waals surface area contributed by atoms with E-state index in [0.717, 1.165) is 25.2 Å². The van der Waals surface area contributed by atoms with E-state index in [4.69, 9.17) is 5.73 Å². The molecule has 0 saturated heterocycles. The average Bonchev–Trinajstić information content (AvgIpc) is 2.78. The molecule has 0 aliphatic carbocycles. The molecule has 18 heavy (non-hydrogen) atoms. The second-order valence-corrected chi connectivity index (χ2v) is 5.08. The van der Waals surface area contributed by atoms with Gasteiger partial charge in [0, 0.05) is 30.6 Å². The van der Waals surface area contributed by atoms with Crippen LogP contribution in [0.1, 0.15) is 25.1 Å². The predicted molar refractivity (Wildman–Crippen MR) is 79.3 cm³/mol. The molecule has 0 unspecified atom stereocenters. The van der Waals surface area contributed by atoms with Crippen molar-refractivity contribution in [2.24, 2.45) is 0 Å². The molecule has 0 bridgehead atoms. The van der Waals surface area contributed by atoms with Crippen molar-refractivity contribution >= 4 is 22.2 Å². The summed E-state index contributed by atoms with van der Waals surface area (Å²) in [5.41, 5.74) is 9.24. The van der Waals surface area contributed by atoms with Gasteiger partial charge in [-0.25, -0.2) is 4.98 Å². The molecule has 2 N–H and O–H groups in total. The highest BCUT2D eigenvalue weighted by Gasteiger charge is 2.03. The number of anilines is 2. The lowest BCUT2D eigenvalue weighted by Gasteiger charge is -2.21. The Morgan fingerprint density at radius 1 is 1.17 bits per heavy atom. The minimum absolute atomic E-state index is 0.643. The minimum Gasteiger partial charge on any atom is -0.375 e. The van der Waals surface area contributed by atoms with Crippen LogP contribution in [0.4, 0.5) is 10.8 Å². The Hall–Kier alpha value is -1.55. The van der Waals surface area contributed by atoms with Crippen LogP contribution in [0.25, 0.3) is 0 Å². The molecule has 0 aliphatic heterocycles. The lowest BCUT2D eigenvalue weighted by atomic mass is 10.1. The summed E-state index contributed by atoms with van der Waals surface area (Å²) in [4.78, 5) is 6.62. The van der Waals surface area contributed by atoms with Gasteiger partial charge in [-0.2, -0.15) is 0 Å². The number of rotatable bonds is 5. The van der Waals surface area contributed by atoms with E-state index in [1.54, 1.807) is 0 Å². The first-order valence-corrected chi connectivity index (χ1v) is 7.14. The molecule has 0 fully saturated rings. The Labute approximate surface area is 112 Å². The van der Waals surface area contributed by atoms with Crippen molar-refractivity contribution in [1.29, 1.82) is 0 Å². The number of nitrogens with zero attached hydrogens (tertiary/aromatic N) is 2. The maximum atomic E-state index is 5.63. The van der Waals surface area contributed by atoms with E-state index in [9.17, 15) is 0 Å². The lowest BCUT2D eigenvalue weighted by Crippen LogP contribution is -2.21. The molecule has 1 heterocycles. The summed E-state index contributed by atoms with van der Waals surface area (Å²) in [6.45, 7) is 6.43. The van der Waals surface area contributed by atoms with Gasteiger partial charge in [0.25, 0.3) is 0 Å². The first-order chi connectivity index (χ1) is 8.72. The molecule has 4 heteroatoms. The summed E-state index contributed by atoms with van der Waals surface area (Å²) >= 11 is 1.50. The van der Waals surface area contributed by atoms with Gasteiger partial charge in [-0.3, -0.25) is 0 Å². The number of nitrogen functional groups attached to an aromatic ring is 1. The fourth-order valence-electron chi connectivity index (χ4n) is 2.03. The molecule has 2 aromatic rings. The number of aromatic nitrogens is 1. The zero-order valence-corrected chi connectivity index (χ0v) is 11.7. The van der Waals surface area contributed by atoms with Gasteiger partial charge in [-0.15, -0.1) is 11.3 Å². The van der Waals surface area contributed by atoms with Crippen molar-refractivity contribution in [2.75, 3.05) is 23.7 Å². The highest BCUT2D eigenvalue weighted by atomic mass is 32.1. The molecule has 0 saturated carbocycles. The fraction of sp³-hybridized carbons (Fsp3) is 0.357. The second kappa shape index (κ2) is 5.87. The third-order valence-corrected chi connectivity index (χ3v) is 3.74. The summed E-state index contributed by atoms with van der Waals surface area (Å²) in [5.74, 6) is 0. The Kier molecular flexibility index (Phi) is 4.20.